The molecule has 1 aliphatic heterocycles. The molecule has 6 aromatic rings. The minimum atomic E-state index is -0.515. The van der Waals surface area contributed by atoms with Gasteiger partial charge in [0.2, 0.25) is 0 Å². The molecule has 1 aliphatic rings. The van der Waals surface area contributed by atoms with E-state index in [2.05, 4.69) is 40.0 Å². The van der Waals surface area contributed by atoms with Crippen molar-refractivity contribution < 1.29 is 8.78 Å². The molecule has 0 saturated carbocycles. The van der Waals surface area contributed by atoms with E-state index in [0.717, 1.165) is 25.2 Å². The summed E-state index contributed by atoms with van der Waals surface area (Å²) in [6, 6.07) is 8.39. The smallest absolute Gasteiger partial charge is 0.161 e. The molecule has 0 atom stereocenters. The first kappa shape index (κ1) is 22.6. The Balaban J connectivity index is 1.32. The van der Waals surface area contributed by atoms with E-state index in [0.29, 0.717) is 44.8 Å². The largest absolute Gasteiger partial charge is 0.335 e. The van der Waals surface area contributed by atoms with Crippen molar-refractivity contribution >= 4 is 21.9 Å². The minimum Gasteiger partial charge on any atom is -0.335 e. The Kier molecular flexibility index (Phi) is 5.40. The second kappa shape index (κ2) is 9.07. The van der Waals surface area contributed by atoms with E-state index in [1.807, 2.05) is 12.3 Å². The zero-order valence-electron chi connectivity index (χ0n) is 20.2. The van der Waals surface area contributed by atoms with Gasteiger partial charge in [-0.1, -0.05) is 18.2 Å². The van der Waals surface area contributed by atoms with Gasteiger partial charge in [-0.05, 0) is 43.6 Å². The molecular weight excluding hydrogens is 486 g/mol. The van der Waals surface area contributed by atoms with Gasteiger partial charge in [-0.15, -0.1) is 0 Å². The highest BCUT2D eigenvalue weighted by atomic mass is 19.1. The van der Waals surface area contributed by atoms with Crippen molar-refractivity contribution in [1.82, 2.24) is 40.0 Å². The summed E-state index contributed by atoms with van der Waals surface area (Å²) in [7, 11) is 0. The number of pyridine rings is 3. The SMILES string of the molecule is Fc1ccccc1-c1cncc2[nH]c(-c3n[nH]c4cnc(-c5cncc(CN6CCCC6)c5)c(F)c34)nc12. The van der Waals surface area contributed by atoms with Crippen molar-refractivity contribution in [1.29, 1.82) is 0 Å². The number of hydrogen-bond acceptors (Lipinski definition) is 6. The molecule has 5 aromatic heterocycles. The van der Waals surface area contributed by atoms with Crippen LogP contribution in [0.25, 0.3) is 55.8 Å². The Labute approximate surface area is 215 Å². The van der Waals surface area contributed by atoms with Gasteiger partial charge in [0, 0.05) is 41.8 Å². The van der Waals surface area contributed by atoms with E-state index >= 15 is 4.39 Å². The fraction of sp³-hybridized carbons (Fsp3) is 0.179. The molecule has 6 heterocycles. The summed E-state index contributed by atoms with van der Waals surface area (Å²) in [5, 5.41) is 7.47. The van der Waals surface area contributed by atoms with E-state index in [4.69, 9.17) is 0 Å². The molecule has 38 heavy (non-hydrogen) atoms. The molecule has 1 aromatic carbocycles. The predicted molar refractivity (Wildman–Crippen MR) is 140 cm³/mol. The van der Waals surface area contributed by atoms with Crippen LogP contribution in [0.3, 0.4) is 0 Å². The van der Waals surface area contributed by atoms with Gasteiger partial charge in [0.05, 0.1) is 28.8 Å². The second-order valence-corrected chi connectivity index (χ2v) is 9.50. The first-order valence-electron chi connectivity index (χ1n) is 12.4. The second-order valence-electron chi connectivity index (χ2n) is 9.50. The number of nitrogens with one attached hydrogen (secondary N) is 2. The van der Waals surface area contributed by atoms with Crippen LogP contribution >= 0.6 is 0 Å². The molecule has 1 fully saturated rings. The summed E-state index contributed by atoms with van der Waals surface area (Å²) in [5.74, 6) is -0.549. The van der Waals surface area contributed by atoms with Gasteiger partial charge in [0.25, 0.3) is 0 Å². The molecule has 0 unspecified atom stereocenters. The summed E-state index contributed by atoms with van der Waals surface area (Å²) >= 11 is 0. The van der Waals surface area contributed by atoms with E-state index in [1.54, 1.807) is 43.0 Å². The van der Waals surface area contributed by atoms with Crippen LogP contribution in [0.2, 0.25) is 0 Å². The summed E-state index contributed by atoms with van der Waals surface area (Å²) < 4.78 is 30.6. The topological polar surface area (TPSA) is 99.3 Å². The van der Waals surface area contributed by atoms with E-state index in [-0.39, 0.29) is 16.9 Å². The lowest BCUT2D eigenvalue weighted by atomic mass is 10.1. The number of benzene rings is 1. The van der Waals surface area contributed by atoms with Crippen LogP contribution in [0.15, 0.2) is 61.3 Å². The van der Waals surface area contributed by atoms with Crippen LogP contribution < -0.4 is 0 Å². The zero-order valence-corrected chi connectivity index (χ0v) is 20.2. The average Bonchev–Trinajstić information content (AvgIpc) is 3.69. The van der Waals surface area contributed by atoms with Crippen molar-refractivity contribution in [3.63, 3.8) is 0 Å². The van der Waals surface area contributed by atoms with Crippen LogP contribution in [0, 0.1) is 11.6 Å². The summed E-state index contributed by atoms with van der Waals surface area (Å²) in [6.45, 7) is 2.90. The summed E-state index contributed by atoms with van der Waals surface area (Å²) in [5.41, 5.74) is 4.58. The van der Waals surface area contributed by atoms with Gasteiger partial charge >= 0.3 is 0 Å². The van der Waals surface area contributed by atoms with Crippen LogP contribution in [0.1, 0.15) is 18.4 Å². The Morgan fingerprint density at radius 2 is 1.71 bits per heavy atom. The number of rotatable bonds is 5. The van der Waals surface area contributed by atoms with Crippen LogP contribution in [-0.2, 0) is 6.54 Å². The normalized spacial score (nSPS) is 14.2. The molecule has 10 heteroatoms. The third kappa shape index (κ3) is 3.81. The maximum Gasteiger partial charge on any atom is 0.161 e. The van der Waals surface area contributed by atoms with Gasteiger partial charge < -0.3 is 4.98 Å². The number of hydrogen-bond donors (Lipinski definition) is 2. The molecule has 0 spiro atoms. The van der Waals surface area contributed by atoms with Crippen LogP contribution in [0.5, 0.6) is 0 Å². The summed E-state index contributed by atoms with van der Waals surface area (Å²) in [6.07, 6.45) is 10.6. The Hall–Kier alpha value is -4.57. The highest BCUT2D eigenvalue weighted by Gasteiger charge is 2.22. The fourth-order valence-electron chi connectivity index (χ4n) is 5.17. The minimum absolute atomic E-state index is 0.195. The predicted octanol–water partition coefficient (Wildman–Crippen LogP) is 5.50. The molecular formula is C28H22F2N8. The number of aromatic amines is 2. The van der Waals surface area contributed by atoms with Gasteiger partial charge in [-0.25, -0.2) is 13.8 Å². The highest BCUT2D eigenvalue weighted by Crippen LogP contribution is 2.34. The van der Waals surface area contributed by atoms with Crippen molar-refractivity contribution in [2.45, 2.75) is 19.4 Å². The van der Waals surface area contributed by atoms with Gasteiger partial charge in [-0.3, -0.25) is 25.0 Å². The molecule has 7 rings (SSSR count). The third-order valence-electron chi connectivity index (χ3n) is 7.00. The number of fused-ring (bicyclic) bond motifs is 2. The zero-order chi connectivity index (χ0) is 25.6. The molecule has 0 radical (unpaired) electrons. The number of H-pyrrole nitrogens is 2. The number of aromatic nitrogens is 7. The van der Waals surface area contributed by atoms with Crippen molar-refractivity contribution in [2.24, 2.45) is 0 Å². The molecule has 2 N–H and O–H groups in total. The van der Waals surface area contributed by atoms with Gasteiger partial charge in [0.15, 0.2) is 11.6 Å². The molecule has 1 saturated heterocycles. The molecule has 8 nitrogen and oxygen atoms in total. The van der Waals surface area contributed by atoms with E-state index in [1.165, 1.54) is 18.9 Å². The third-order valence-corrected chi connectivity index (χ3v) is 7.00. The maximum absolute atomic E-state index is 16.1. The van der Waals surface area contributed by atoms with Crippen LogP contribution in [0.4, 0.5) is 8.78 Å². The molecule has 0 bridgehead atoms. The lowest BCUT2D eigenvalue weighted by molar-refractivity contribution is 0.331. The number of nitrogens with zero attached hydrogens (tertiary/aromatic N) is 6. The maximum atomic E-state index is 16.1. The standard InChI is InChI=1S/C28H22F2N8/c29-20-6-2-1-5-18(20)19-12-32-13-22-26(19)35-28(34-22)27-23-21(36-37-27)14-33-25(24(23)30)17-9-16(10-31-11-17)15-38-7-3-4-8-38/h1-2,5-6,9-14H,3-4,7-8,15H2,(H,34,35)(H,36,37). The molecule has 0 amide bonds. The number of halogens is 2. The monoisotopic (exact) mass is 508 g/mol. The Bertz CT molecular complexity index is 1800. The van der Waals surface area contributed by atoms with E-state index < -0.39 is 5.82 Å². The first-order valence-corrected chi connectivity index (χ1v) is 12.4. The van der Waals surface area contributed by atoms with Gasteiger partial charge in [0.1, 0.15) is 22.7 Å². The Morgan fingerprint density at radius 3 is 2.58 bits per heavy atom. The molecule has 188 valence electrons. The van der Waals surface area contributed by atoms with E-state index in [9.17, 15) is 4.39 Å². The number of likely N-dealkylation sites (tertiary alicyclic amines) is 1. The molecule has 0 aliphatic carbocycles. The highest BCUT2D eigenvalue weighted by molar-refractivity contribution is 5.97. The van der Waals surface area contributed by atoms with Crippen molar-refractivity contribution in [3.05, 3.63) is 78.5 Å². The quantitative estimate of drug-likeness (QED) is 0.319. The number of imidazole rings is 1. The van der Waals surface area contributed by atoms with Gasteiger partial charge in [-0.2, -0.15) is 5.10 Å². The van der Waals surface area contributed by atoms with Crippen molar-refractivity contribution in [2.75, 3.05) is 13.1 Å². The van der Waals surface area contributed by atoms with Crippen molar-refractivity contribution in [3.8, 4) is 33.9 Å². The average molecular weight is 509 g/mol. The lowest BCUT2D eigenvalue weighted by Gasteiger charge is -2.14. The Morgan fingerprint density at radius 1 is 0.868 bits per heavy atom. The lowest BCUT2D eigenvalue weighted by Crippen LogP contribution is -2.18. The van der Waals surface area contributed by atoms with Crippen LogP contribution in [-0.4, -0.2) is 53.1 Å². The first-order chi connectivity index (χ1) is 18.7. The summed E-state index contributed by atoms with van der Waals surface area (Å²) in [4.78, 5) is 23.2. The fourth-order valence-corrected chi connectivity index (χ4v) is 5.17.